The molecule has 0 atom stereocenters. The summed E-state index contributed by atoms with van der Waals surface area (Å²) in [5.74, 6) is 0.745. The van der Waals surface area contributed by atoms with E-state index in [1.165, 1.54) is 0 Å². The molecule has 0 saturated carbocycles. The molecule has 0 aliphatic heterocycles. The highest BCUT2D eigenvalue weighted by Gasteiger charge is 2.18. The first kappa shape index (κ1) is 13.2. The Morgan fingerprint density at radius 2 is 1.86 bits per heavy atom. The summed E-state index contributed by atoms with van der Waals surface area (Å²) in [6.45, 7) is 5.86. The van der Waals surface area contributed by atoms with Crippen molar-refractivity contribution in [3.8, 4) is 5.69 Å². The third-order valence-corrected chi connectivity index (χ3v) is 4.02. The lowest BCUT2D eigenvalue weighted by atomic mass is 10.2. The number of aryl methyl sites for hydroxylation is 3. The van der Waals surface area contributed by atoms with Crippen LogP contribution in [-0.2, 0) is 0 Å². The SMILES string of the molecule is Cc1nn2c(C)nnc2c2nn(-c3cccc(Cl)c3)c(C)c12. The molecular formula is C15H13ClN6. The molecule has 6 nitrogen and oxygen atoms in total. The number of hydrogen-bond donors (Lipinski definition) is 0. The molecule has 4 rings (SSSR count). The van der Waals surface area contributed by atoms with Crippen LogP contribution in [0, 0.1) is 20.8 Å². The number of aromatic nitrogens is 6. The van der Waals surface area contributed by atoms with Gasteiger partial charge in [0, 0.05) is 5.02 Å². The van der Waals surface area contributed by atoms with Crippen molar-refractivity contribution >= 4 is 28.2 Å². The van der Waals surface area contributed by atoms with Crippen molar-refractivity contribution in [2.45, 2.75) is 20.8 Å². The second kappa shape index (κ2) is 4.51. The number of halogens is 1. The van der Waals surface area contributed by atoms with Gasteiger partial charge >= 0.3 is 0 Å². The Morgan fingerprint density at radius 3 is 2.64 bits per heavy atom. The van der Waals surface area contributed by atoms with E-state index < -0.39 is 0 Å². The summed E-state index contributed by atoms with van der Waals surface area (Å²) >= 11 is 6.10. The third kappa shape index (κ3) is 1.74. The summed E-state index contributed by atoms with van der Waals surface area (Å²) in [6, 6.07) is 7.61. The molecule has 0 bridgehead atoms. The molecule has 3 heterocycles. The van der Waals surface area contributed by atoms with Crippen LogP contribution >= 0.6 is 11.6 Å². The maximum Gasteiger partial charge on any atom is 0.206 e. The van der Waals surface area contributed by atoms with Gasteiger partial charge in [-0.2, -0.15) is 14.7 Å². The molecule has 3 aromatic heterocycles. The van der Waals surface area contributed by atoms with Gasteiger partial charge in [-0.1, -0.05) is 17.7 Å². The predicted octanol–water partition coefficient (Wildman–Crippen LogP) is 3.04. The topological polar surface area (TPSA) is 60.9 Å². The van der Waals surface area contributed by atoms with Gasteiger partial charge in [0.1, 0.15) is 5.52 Å². The lowest BCUT2D eigenvalue weighted by molar-refractivity contribution is 0.857. The standard InChI is InChI=1S/C15H13ClN6/c1-8-13-9(2)21(12-6-4-5-11(16)7-12)20-14(13)15-18-17-10(3)22(15)19-8/h4-7H,1-3H3. The molecule has 1 aromatic carbocycles. The van der Waals surface area contributed by atoms with E-state index in [-0.39, 0.29) is 0 Å². The van der Waals surface area contributed by atoms with Crippen molar-refractivity contribution < 1.29 is 0 Å². The van der Waals surface area contributed by atoms with Gasteiger partial charge in [-0.25, -0.2) is 4.68 Å². The van der Waals surface area contributed by atoms with E-state index in [9.17, 15) is 0 Å². The minimum atomic E-state index is 0.668. The fourth-order valence-electron chi connectivity index (χ4n) is 2.78. The average molecular weight is 313 g/mol. The molecule has 0 spiro atoms. The molecular weight excluding hydrogens is 300 g/mol. The smallest absolute Gasteiger partial charge is 0.206 e. The third-order valence-electron chi connectivity index (χ3n) is 3.79. The zero-order valence-corrected chi connectivity index (χ0v) is 13.1. The summed E-state index contributed by atoms with van der Waals surface area (Å²) in [7, 11) is 0. The maximum absolute atomic E-state index is 6.10. The molecule has 22 heavy (non-hydrogen) atoms. The van der Waals surface area contributed by atoms with Gasteiger partial charge in [0.2, 0.25) is 5.65 Å². The lowest BCUT2D eigenvalue weighted by Gasteiger charge is -2.04. The van der Waals surface area contributed by atoms with Gasteiger partial charge in [-0.05, 0) is 39.0 Å². The maximum atomic E-state index is 6.10. The van der Waals surface area contributed by atoms with E-state index >= 15 is 0 Å². The molecule has 4 aromatic rings. The van der Waals surface area contributed by atoms with Crippen LogP contribution in [0.5, 0.6) is 0 Å². The fourth-order valence-corrected chi connectivity index (χ4v) is 2.96. The van der Waals surface area contributed by atoms with Gasteiger partial charge in [-0.15, -0.1) is 10.2 Å². The Labute approximate surface area is 131 Å². The highest BCUT2D eigenvalue weighted by molar-refractivity contribution is 6.30. The van der Waals surface area contributed by atoms with Crippen LogP contribution in [-0.4, -0.2) is 29.6 Å². The Kier molecular flexibility index (Phi) is 2.71. The molecule has 7 heteroatoms. The molecule has 0 saturated heterocycles. The molecule has 0 aliphatic carbocycles. The summed E-state index contributed by atoms with van der Waals surface area (Å²) < 4.78 is 3.60. The summed E-state index contributed by atoms with van der Waals surface area (Å²) in [5, 5.41) is 19.3. The van der Waals surface area contributed by atoms with Gasteiger partial charge in [-0.3, -0.25) is 0 Å². The molecule has 0 aliphatic rings. The van der Waals surface area contributed by atoms with Crippen molar-refractivity contribution in [3.05, 3.63) is 46.5 Å². The summed E-state index contributed by atoms with van der Waals surface area (Å²) in [5.41, 5.74) is 4.28. The Morgan fingerprint density at radius 1 is 1.05 bits per heavy atom. The van der Waals surface area contributed by atoms with Crippen LogP contribution in [0.1, 0.15) is 17.2 Å². The Hall–Kier alpha value is -2.47. The van der Waals surface area contributed by atoms with E-state index in [1.807, 2.05) is 49.7 Å². The van der Waals surface area contributed by atoms with Crippen molar-refractivity contribution in [1.82, 2.24) is 29.6 Å². The second-order valence-corrected chi connectivity index (χ2v) is 5.71. The predicted molar refractivity (Wildman–Crippen MR) is 84.6 cm³/mol. The van der Waals surface area contributed by atoms with E-state index in [4.69, 9.17) is 16.7 Å². The number of rotatable bonds is 1. The number of nitrogens with zero attached hydrogens (tertiary/aromatic N) is 6. The summed E-state index contributed by atoms with van der Waals surface area (Å²) in [6.07, 6.45) is 0. The zero-order chi connectivity index (χ0) is 15.4. The number of benzene rings is 1. The number of fused-ring (bicyclic) bond motifs is 3. The fraction of sp³-hybridized carbons (Fsp3) is 0.200. The molecule has 0 unspecified atom stereocenters. The molecule has 0 fully saturated rings. The van der Waals surface area contributed by atoms with E-state index in [1.54, 1.807) is 4.52 Å². The van der Waals surface area contributed by atoms with E-state index in [0.29, 0.717) is 10.7 Å². The van der Waals surface area contributed by atoms with Crippen molar-refractivity contribution in [2.75, 3.05) is 0 Å². The van der Waals surface area contributed by atoms with Crippen LogP contribution in [0.15, 0.2) is 24.3 Å². The van der Waals surface area contributed by atoms with Gasteiger partial charge in [0.05, 0.1) is 22.5 Å². The van der Waals surface area contributed by atoms with Gasteiger partial charge in [0.15, 0.2) is 5.82 Å². The van der Waals surface area contributed by atoms with Crippen LogP contribution < -0.4 is 0 Å². The van der Waals surface area contributed by atoms with Crippen LogP contribution in [0.2, 0.25) is 5.02 Å². The van der Waals surface area contributed by atoms with Gasteiger partial charge < -0.3 is 0 Å². The van der Waals surface area contributed by atoms with E-state index in [2.05, 4.69) is 15.3 Å². The first-order valence-electron chi connectivity index (χ1n) is 6.90. The lowest BCUT2D eigenvalue weighted by Crippen LogP contribution is -1.98. The Balaban J connectivity index is 2.12. The second-order valence-electron chi connectivity index (χ2n) is 5.27. The van der Waals surface area contributed by atoms with Crippen LogP contribution in [0.3, 0.4) is 0 Å². The summed E-state index contributed by atoms with van der Waals surface area (Å²) in [4.78, 5) is 0. The minimum Gasteiger partial charge on any atom is -0.237 e. The monoisotopic (exact) mass is 312 g/mol. The van der Waals surface area contributed by atoms with Gasteiger partial charge in [0.25, 0.3) is 0 Å². The number of hydrogen-bond acceptors (Lipinski definition) is 4. The minimum absolute atomic E-state index is 0.668. The average Bonchev–Trinajstić information content (AvgIpc) is 3.01. The molecule has 0 amide bonds. The quantitative estimate of drug-likeness (QED) is 0.542. The molecule has 0 radical (unpaired) electrons. The van der Waals surface area contributed by atoms with Crippen molar-refractivity contribution in [3.63, 3.8) is 0 Å². The largest absolute Gasteiger partial charge is 0.237 e. The normalized spacial score (nSPS) is 11.6. The van der Waals surface area contributed by atoms with Crippen LogP contribution in [0.4, 0.5) is 0 Å². The zero-order valence-electron chi connectivity index (χ0n) is 12.4. The highest BCUT2D eigenvalue weighted by Crippen LogP contribution is 2.26. The van der Waals surface area contributed by atoms with Crippen molar-refractivity contribution in [2.24, 2.45) is 0 Å². The first-order valence-corrected chi connectivity index (χ1v) is 7.28. The molecule has 0 N–H and O–H groups in total. The molecule has 110 valence electrons. The van der Waals surface area contributed by atoms with Crippen molar-refractivity contribution in [1.29, 1.82) is 0 Å². The Bertz CT molecular complexity index is 1030. The van der Waals surface area contributed by atoms with E-state index in [0.717, 1.165) is 33.8 Å². The highest BCUT2D eigenvalue weighted by atomic mass is 35.5. The van der Waals surface area contributed by atoms with Crippen LogP contribution in [0.25, 0.3) is 22.2 Å². The first-order chi connectivity index (χ1) is 10.6.